The number of hydrogen-bond donors (Lipinski definition) is 1. The van der Waals surface area contributed by atoms with Crippen molar-refractivity contribution in [3.63, 3.8) is 0 Å². The average molecular weight is 356 g/mol. The molecule has 2 aromatic rings. The van der Waals surface area contributed by atoms with E-state index in [-0.39, 0.29) is 12.1 Å². The Bertz CT molecular complexity index is 722. The number of amides is 2. The fraction of sp³-hybridized carbons (Fsp3) is 0.500. The van der Waals surface area contributed by atoms with Crippen LogP contribution in [0.15, 0.2) is 36.7 Å². The van der Waals surface area contributed by atoms with Gasteiger partial charge < -0.3 is 19.5 Å². The Balaban J connectivity index is 1.71. The molecule has 0 saturated carbocycles. The first-order valence-corrected chi connectivity index (χ1v) is 9.35. The number of aryl methyl sites for hydroxylation is 1. The zero-order valence-electron chi connectivity index (χ0n) is 15.6. The molecule has 1 N–H and O–H groups in total. The minimum absolute atomic E-state index is 0.0619. The molecule has 1 aliphatic rings. The van der Waals surface area contributed by atoms with Gasteiger partial charge in [0.2, 0.25) is 0 Å². The molecule has 3 rings (SSSR count). The third-order valence-electron chi connectivity index (χ3n) is 4.63. The van der Waals surface area contributed by atoms with Crippen molar-refractivity contribution in [2.24, 2.45) is 0 Å². The lowest BCUT2D eigenvalue weighted by Gasteiger charge is -2.25. The predicted molar refractivity (Wildman–Crippen MR) is 101 cm³/mol. The summed E-state index contributed by atoms with van der Waals surface area (Å²) < 4.78 is 7.83. The average Bonchev–Trinajstić information content (AvgIpc) is 3.27. The minimum Gasteiger partial charge on any atom is -0.376 e. The first kappa shape index (κ1) is 18.5. The van der Waals surface area contributed by atoms with Gasteiger partial charge in [0.15, 0.2) is 0 Å². The Kier molecular flexibility index (Phi) is 6.28. The summed E-state index contributed by atoms with van der Waals surface area (Å²) in [7, 11) is 0. The van der Waals surface area contributed by atoms with Gasteiger partial charge in [0.05, 0.1) is 12.6 Å². The number of benzene rings is 1. The second-order valence-corrected chi connectivity index (χ2v) is 6.81. The van der Waals surface area contributed by atoms with Crippen LogP contribution in [0.4, 0.5) is 4.79 Å². The Labute approximate surface area is 155 Å². The van der Waals surface area contributed by atoms with Gasteiger partial charge in [-0.3, -0.25) is 0 Å². The molecule has 0 spiro atoms. The Hall–Kier alpha value is -2.34. The quantitative estimate of drug-likeness (QED) is 0.830. The summed E-state index contributed by atoms with van der Waals surface area (Å²) in [5.41, 5.74) is 2.47. The minimum atomic E-state index is -0.0619. The van der Waals surface area contributed by atoms with Crippen LogP contribution >= 0.6 is 0 Å². The highest BCUT2D eigenvalue weighted by Crippen LogP contribution is 2.16. The summed E-state index contributed by atoms with van der Waals surface area (Å²) in [6, 6.07) is 8.40. The molecule has 2 amide bonds. The number of carbonyl (C=O) groups is 1. The third kappa shape index (κ3) is 4.85. The summed E-state index contributed by atoms with van der Waals surface area (Å²) in [5, 5.41) is 2.90. The van der Waals surface area contributed by atoms with Crippen LogP contribution in [0.2, 0.25) is 0 Å². The van der Waals surface area contributed by atoms with E-state index in [0.717, 1.165) is 31.8 Å². The van der Waals surface area contributed by atoms with E-state index in [9.17, 15) is 4.79 Å². The summed E-state index contributed by atoms with van der Waals surface area (Å²) in [6.45, 7) is 7.25. The topological polar surface area (TPSA) is 59.4 Å². The number of ether oxygens (including phenoxy) is 1. The lowest BCUT2D eigenvalue weighted by Crippen LogP contribution is -2.43. The largest absolute Gasteiger partial charge is 0.376 e. The summed E-state index contributed by atoms with van der Waals surface area (Å²) in [6.07, 6.45) is 5.97. The number of imidazole rings is 1. The smallest absolute Gasteiger partial charge is 0.317 e. The van der Waals surface area contributed by atoms with Crippen LogP contribution < -0.4 is 5.32 Å². The molecule has 0 bridgehead atoms. The highest BCUT2D eigenvalue weighted by atomic mass is 16.5. The highest BCUT2D eigenvalue weighted by molar-refractivity contribution is 5.74. The molecule has 2 heterocycles. The maximum absolute atomic E-state index is 12.5. The zero-order chi connectivity index (χ0) is 18.4. The van der Waals surface area contributed by atoms with Crippen molar-refractivity contribution >= 4 is 6.03 Å². The SMILES string of the molecule is CCNC(=O)N(Cc1nccn1Cc1cccc(C)c1)CC1CCCO1. The first-order chi connectivity index (χ1) is 12.7. The summed E-state index contributed by atoms with van der Waals surface area (Å²) >= 11 is 0. The van der Waals surface area contributed by atoms with E-state index in [4.69, 9.17) is 4.74 Å². The number of aromatic nitrogens is 2. The molecule has 1 fully saturated rings. The molecule has 0 radical (unpaired) electrons. The maximum Gasteiger partial charge on any atom is 0.317 e. The van der Waals surface area contributed by atoms with Gasteiger partial charge >= 0.3 is 6.03 Å². The summed E-state index contributed by atoms with van der Waals surface area (Å²) in [5.74, 6) is 0.885. The number of hydrogen-bond acceptors (Lipinski definition) is 3. The van der Waals surface area contributed by atoms with Gasteiger partial charge in [-0.15, -0.1) is 0 Å². The van der Waals surface area contributed by atoms with Crippen molar-refractivity contribution < 1.29 is 9.53 Å². The molecule has 1 unspecified atom stereocenters. The van der Waals surface area contributed by atoms with Gasteiger partial charge in [-0.2, -0.15) is 0 Å². The van der Waals surface area contributed by atoms with Gasteiger partial charge in [-0.1, -0.05) is 29.8 Å². The van der Waals surface area contributed by atoms with Crippen LogP contribution in [-0.2, 0) is 17.8 Å². The van der Waals surface area contributed by atoms with E-state index in [2.05, 4.69) is 46.1 Å². The third-order valence-corrected chi connectivity index (χ3v) is 4.63. The molecule has 6 heteroatoms. The first-order valence-electron chi connectivity index (χ1n) is 9.35. The van der Waals surface area contributed by atoms with E-state index < -0.39 is 0 Å². The molecule has 6 nitrogen and oxygen atoms in total. The van der Waals surface area contributed by atoms with Gasteiger partial charge in [0, 0.05) is 38.6 Å². The Morgan fingerprint density at radius 1 is 1.46 bits per heavy atom. The van der Waals surface area contributed by atoms with Gasteiger partial charge in [-0.05, 0) is 32.3 Å². The van der Waals surface area contributed by atoms with Gasteiger partial charge in [-0.25, -0.2) is 9.78 Å². The number of carbonyl (C=O) groups excluding carboxylic acids is 1. The van der Waals surface area contributed by atoms with E-state index in [1.54, 1.807) is 6.20 Å². The fourth-order valence-corrected chi connectivity index (χ4v) is 3.33. The number of rotatable bonds is 7. The molecule has 1 aromatic carbocycles. The fourth-order valence-electron chi connectivity index (χ4n) is 3.33. The number of nitrogens with one attached hydrogen (secondary N) is 1. The molecule has 1 atom stereocenters. The highest BCUT2D eigenvalue weighted by Gasteiger charge is 2.23. The Morgan fingerprint density at radius 3 is 3.08 bits per heavy atom. The van der Waals surface area contributed by atoms with Crippen LogP contribution in [0.1, 0.15) is 36.7 Å². The molecule has 0 aliphatic carbocycles. The normalized spacial score (nSPS) is 16.6. The maximum atomic E-state index is 12.5. The molecule has 1 aliphatic heterocycles. The molecular weight excluding hydrogens is 328 g/mol. The predicted octanol–water partition coefficient (Wildman–Crippen LogP) is 2.95. The molecular formula is C20H28N4O2. The Morgan fingerprint density at radius 2 is 2.35 bits per heavy atom. The monoisotopic (exact) mass is 356 g/mol. The van der Waals surface area contributed by atoms with Crippen molar-refractivity contribution in [1.82, 2.24) is 19.8 Å². The second-order valence-electron chi connectivity index (χ2n) is 6.81. The van der Waals surface area contributed by atoms with E-state index in [0.29, 0.717) is 19.6 Å². The second kappa shape index (κ2) is 8.85. The standard InChI is InChI=1S/C20H28N4O2/c1-3-21-20(25)24(14-18-8-5-11-26-18)15-19-22-9-10-23(19)13-17-7-4-6-16(2)12-17/h4,6-7,9-10,12,18H,3,5,8,11,13-15H2,1-2H3,(H,21,25). The van der Waals surface area contributed by atoms with Crippen LogP contribution in [0.3, 0.4) is 0 Å². The van der Waals surface area contributed by atoms with Gasteiger partial charge in [0.1, 0.15) is 5.82 Å². The lowest BCUT2D eigenvalue weighted by atomic mass is 10.1. The summed E-state index contributed by atoms with van der Waals surface area (Å²) in [4.78, 5) is 18.8. The van der Waals surface area contributed by atoms with Crippen LogP contribution in [0, 0.1) is 6.92 Å². The van der Waals surface area contributed by atoms with E-state index >= 15 is 0 Å². The van der Waals surface area contributed by atoms with Crippen molar-refractivity contribution in [3.05, 3.63) is 53.6 Å². The van der Waals surface area contributed by atoms with E-state index in [1.807, 2.05) is 18.0 Å². The van der Waals surface area contributed by atoms with E-state index in [1.165, 1.54) is 11.1 Å². The molecule has 1 aromatic heterocycles. The van der Waals surface area contributed by atoms with Crippen LogP contribution in [0.5, 0.6) is 0 Å². The number of nitrogens with zero attached hydrogens (tertiary/aromatic N) is 3. The van der Waals surface area contributed by atoms with Gasteiger partial charge in [0.25, 0.3) is 0 Å². The van der Waals surface area contributed by atoms with Crippen molar-refractivity contribution in [3.8, 4) is 0 Å². The molecule has 26 heavy (non-hydrogen) atoms. The van der Waals surface area contributed by atoms with Crippen molar-refractivity contribution in [1.29, 1.82) is 0 Å². The lowest BCUT2D eigenvalue weighted by molar-refractivity contribution is 0.0787. The van der Waals surface area contributed by atoms with Crippen molar-refractivity contribution in [2.75, 3.05) is 19.7 Å². The van der Waals surface area contributed by atoms with Crippen LogP contribution in [0.25, 0.3) is 0 Å². The molecule has 1 saturated heterocycles. The number of urea groups is 1. The zero-order valence-corrected chi connectivity index (χ0v) is 15.6. The molecule has 140 valence electrons. The van der Waals surface area contributed by atoms with Crippen molar-refractivity contribution in [2.45, 2.75) is 45.9 Å². The van der Waals surface area contributed by atoms with Crippen LogP contribution in [-0.4, -0.2) is 46.3 Å².